The number of nitrogens with zero attached hydrogens (tertiary/aromatic N) is 2. The summed E-state index contributed by atoms with van der Waals surface area (Å²) >= 11 is 1.96. The normalized spacial score (nSPS) is 13.1. The molecule has 0 amide bonds. The second kappa shape index (κ2) is 6.09. The van der Waals surface area contributed by atoms with Crippen molar-refractivity contribution in [1.82, 2.24) is 9.55 Å². The van der Waals surface area contributed by atoms with Gasteiger partial charge in [-0.3, -0.25) is 0 Å². The largest absolute Gasteiger partial charge is 0.338 e. The van der Waals surface area contributed by atoms with Crippen molar-refractivity contribution in [2.24, 2.45) is 18.7 Å². The molecule has 0 spiro atoms. The summed E-state index contributed by atoms with van der Waals surface area (Å²) in [7, 11) is 2.04. The van der Waals surface area contributed by atoms with Gasteiger partial charge in [0.1, 0.15) is 5.82 Å². The lowest BCUT2D eigenvalue weighted by molar-refractivity contribution is 0.675. The molecule has 0 fully saturated rings. The number of hydrogen-bond donors (Lipinski definition) is 1. The van der Waals surface area contributed by atoms with E-state index in [0.717, 1.165) is 30.3 Å². The Kier molecular flexibility index (Phi) is 5.04. The van der Waals surface area contributed by atoms with Gasteiger partial charge in [-0.25, -0.2) is 4.98 Å². The lowest BCUT2D eigenvalue weighted by Crippen LogP contribution is -2.13. The number of thioether (sulfide) groups is 1. The highest BCUT2D eigenvalue weighted by atomic mass is 32.2. The van der Waals surface area contributed by atoms with Crippen LogP contribution >= 0.6 is 11.8 Å². The van der Waals surface area contributed by atoms with E-state index in [2.05, 4.69) is 16.5 Å². The summed E-state index contributed by atoms with van der Waals surface area (Å²) in [6, 6.07) is 0. The molecule has 80 valence electrons. The molecule has 14 heavy (non-hydrogen) atoms. The van der Waals surface area contributed by atoms with Crippen LogP contribution in [0, 0.1) is 5.92 Å². The van der Waals surface area contributed by atoms with E-state index in [1.807, 2.05) is 31.2 Å². The number of nitrogens with two attached hydrogens (primary N) is 1. The van der Waals surface area contributed by atoms with Crippen molar-refractivity contribution in [3.63, 3.8) is 0 Å². The van der Waals surface area contributed by atoms with Gasteiger partial charge in [0.25, 0.3) is 0 Å². The summed E-state index contributed by atoms with van der Waals surface area (Å²) < 4.78 is 2.08. The molecule has 0 aliphatic rings. The molecule has 1 unspecified atom stereocenters. The van der Waals surface area contributed by atoms with Crippen LogP contribution in [-0.2, 0) is 13.5 Å². The Hall–Kier alpha value is -0.480. The molecule has 3 nitrogen and oxygen atoms in total. The first kappa shape index (κ1) is 11.6. The smallest absolute Gasteiger partial charge is 0.109 e. The molecule has 0 saturated heterocycles. The molecule has 0 aliphatic heterocycles. The first-order valence-corrected chi connectivity index (χ1v) is 6.13. The van der Waals surface area contributed by atoms with Crippen LogP contribution < -0.4 is 5.73 Å². The summed E-state index contributed by atoms with van der Waals surface area (Å²) in [5.41, 5.74) is 5.54. The zero-order valence-corrected chi connectivity index (χ0v) is 9.76. The molecule has 1 atom stereocenters. The standard InChI is InChI=1S/C10H19N3S/c1-9(7-11)8-14-6-3-10-12-4-5-13(10)2/h4-5,9H,3,6-8,11H2,1-2H3. The van der Waals surface area contributed by atoms with Gasteiger partial charge in [-0.15, -0.1) is 0 Å². The van der Waals surface area contributed by atoms with E-state index in [4.69, 9.17) is 5.73 Å². The molecule has 0 radical (unpaired) electrons. The van der Waals surface area contributed by atoms with Crippen LogP contribution in [0.2, 0.25) is 0 Å². The summed E-state index contributed by atoms with van der Waals surface area (Å²) in [6.45, 7) is 2.98. The highest BCUT2D eigenvalue weighted by molar-refractivity contribution is 7.99. The van der Waals surface area contributed by atoms with E-state index in [0.29, 0.717) is 5.92 Å². The van der Waals surface area contributed by atoms with E-state index in [-0.39, 0.29) is 0 Å². The zero-order valence-electron chi connectivity index (χ0n) is 8.94. The van der Waals surface area contributed by atoms with Crippen LogP contribution in [0.15, 0.2) is 12.4 Å². The van der Waals surface area contributed by atoms with Gasteiger partial charge in [-0.1, -0.05) is 6.92 Å². The van der Waals surface area contributed by atoms with Crippen molar-refractivity contribution in [2.75, 3.05) is 18.1 Å². The first-order valence-electron chi connectivity index (χ1n) is 4.98. The van der Waals surface area contributed by atoms with Gasteiger partial charge in [0.15, 0.2) is 0 Å². The number of hydrogen-bond acceptors (Lipinski definition) is 3. The number of imidazole rings is 1. The quantitative estimate of drug-likeness (QED) is 0.724. The highest BCUT2D eigenvalue weighted by Crippen LogP contribution is 2.09. The molecule has 0 aliphatic carbocycles. The predicted octanol–water partition coefficient (Wildman–Crippen LogP) is 1.29. The number of aryl methyl sites for hydroxylation is 2. The first-order chi connectivity index (χ1) is 6.74. The fourth-order valence-electron chi connectivity index (χ4n) is 1.15. The Bertz CT molecular complexity index is 260. The maximum Gasteiger partial charge on any atom is 0.109 e. The molecular weight excluding hydrogens is 194 g/mol. The molecule has 1 heterocycles. The summed E-state index contributed by atoms with van der Waals surface area (Å²) in [5, 5.41) is 0. The van der Waals surface area contributed by atoms with Crippen molar-refractivity contribution in [3.8, 4) is 0 Å². The second-order valence-corrected chi connectivity index (χ2v) is 4.77. The van der Waals surface area contributed by atoms with E-state index < -0.39 is 0 Å². The molecular formula is C10H19N3S. The van der Waals surface area contributed by atoms with Crippen molar-refractivity contribution in [2.45, 2.75) is 13.3 Å². The van der Waals surface area contributed by atoms with E-state index in [9.17, 15) is 0 Å². The van der Waals surface area contributed by atoms with Crippen LogP contribution in [0.4, 0.5) is 0 Å². The minimum Gasteiger partial charge on any atom is -0.338 e. The lowest BCUT2D eigenvalue weighted by atomic mass is 10.2. The summed E-state index contributed by atoms with van der Waals surface area (Å²) in [5.74, 6) is 4.08. The van der Waals surface area contributed by atoms with Crippen molar-refractivity contribution in [3.05, 3.63) is 18.2 Å². The van der Waals surface area contributed by atoms with Gasteiger partial charge >= 0.3 is 0 Å². The number of rotatable bonds is 6. The Morgan fingerprint density at radius 1 is 1.64 bits per heavy atom. The lowest BCUT2D eigenvalue weighted by Gasteiger charge is -2.07. The van der Waals surface area contributed by atoms with Gasteiger partial charge in [0, 0.05) is 31.6 Å². The third-order valence-corrected chi connectivity index (χ3v) is 3.49. The maximum absolute atomic E-state index is 5.54. The average Bonchev–Trinajstić information content (AvgIpc) is 2.58. The maximum atomic E-state index is 5.54. The van der Waals surface area contributed by atoms with Crippen LogP contribution in [-0.4, -0.2) is 27.6 Å². The fraction of sp³-hybridized carbons (Fsp3) is 0.700. The molecule has 0 saturated carbocycles. The topological polar surface area (TPSA) is 43.8 Å². The Morgan fingerprint density at radius 2 is 2.43 bits per heavy atom. The van der Waals surface area contributed by atoms with Gasteiger partial charge in [-0.2, -0.15) is 11.8 Å². The predicted molar refractivity (Wildman–Crippen MR) is 62.5 cm³/mol. The van der Waals surface area contributed by atoms with Gasteiger partial charge in [-0.05, 0) is 18.2 Å². The average molecular weight is 213 g/mol. The van der Waals surface area contributed by atoms with Crippen LogP contribution in [0.5, 0.6) is 0 Å². The Labute approximate surface area is 90.1 Å². The third-order valence-electron chi connectivity index (χ3n) is 2.20. The Balaban J connectivity index is 2.13. The Morgan fingerprint density at radius 3 is 3.00 bits per heavy atom. The van der Waals surface area contributed by atoms with Crippen LogP contribution in [0.1, 0.15) is 12.7 Å². The SMILES string of the molecule is CC(CN)CSCCc1nccn1C. The summed E-state index contributed by atoms with van der Waals surface area (Å²) in [6.07, 6.45) is 4.89. The molecule has 1 rings (SSSR count). The second-order valence-electron chi connectivity index (χ2n) is 3.62. The van der Waals surface area contributed by atoms with Gasteiger partial charge in [0.2, 0.25) is 0 Å². The van der Waals surface area contributed by atoms with Crippen LogP contribution in [0.25, 0.3) is 0 Å². The van der Waals surface area contributed by atoms with Gasteiger partial charge < -0.3 is 10.3 Å². The zero-order chi connectivity index (χ0) is 10.4. The number of aromatic nitrogens is 2. The molecule has 2 N–H and O–H groups in total. The van der Waals surface area contributed by atoms with E-state index in [1.54, 1.807) is 0 Å². The van der Waals surface area contributed by atoms with Gasteiger partial charge in [0.05, 0.1) is 0 Å². The van der Waals surface area contributed by atoms with Crippen molar-refractivity contribution in [1.29, 1.82) is 0 Å². The van der Waals surface area contributed by atoms with Crippen molar-refractivity contribution < 1.29 is 0 Å². The molecule has 0 bridgehead atoms. The fourth-order valence-corrected chi connectivity index (χ4v) is 2.19. The molecule has 1 aromatic heterocycles. The monoisotopic (exact) mass is 213 g/mol. The van der Waals surface area contributed by atoms with E-state index in [1.165, 1.54) is 0 Å². The van der Waals surface area contributed by atoms with Crippen molar-refractivity contribution >= 4 is 11.8 Å². The minimum absolute atomic E-state index is 0.626. The molecule has 0 aromatic carbocycles. The molecule has 1 aromatic rings. The van der Waals surface area contributed by atoms with Crippen LogP contribution in [0.3, 0.4) is 0 Å². The highest BCUT2D eigenvalue weighted by Gasteiger charge is 2.01. The third kappa shape index (κ3) is 3.72. The summed E-state index contributed by atoms with van der Waals surface area (Å²) in [4.78, 5) is 4.28. The van der Waals surface area contributed by atoms with E-state index >= 15 is 0 Å². The molecule has 4 heteroatoms. The minimum atomic E-state index is 0.626.